The molecule has 0 aromatic carbocycles. The smallest absolute Gasteiger partial charge is 0.326 e. The van der Waals surface area contributed by atoms with E-state index < -0.39 is 17.9 Å². The van der Waals surface area contributed by atoms with E-state index in [0.29, 0.717) is 22.3 Å². The van der Waals surface area contributed by atoms with Gasteiger partial charge in [0.05, 0.1) is 23.2 Å². The molecule has 2 rings (SSSR count). The quantitative estimate of drug-likeness (QED) is 0.753. The van der Waals surface area contributed by atoms with Crippen LogP contribution in [0.25, 0.3) is 11.0 Å². The lowest BCUT2D eigenvalue weighted by molar-refractivity contribution is -0.139. The zero-order chi connectivity index (χ0) is 18.6. The van der Waals surface area contributed by atoms with Crippen LogP contribution in [0.4, 0.5) is 0 Å². The average Bonchev–Trinajstić information content (AvgIpc) is 3.00. The number of aliphatic carboxylic acids is 1. The number of carbonyl (C=O) groups excluding carboxylic acids is 1. The number of hydrogen-bond donors (Lipinski definition) is 2. The lowest BCUT2D eigenvalue weighted by Crippen LogP contribution is -2.40. The van der Waals surface area contributed by atoms with E-state index in [1.54, 1.807) is 42.9 Å². The fraction of sp³-hybridized carbons (Fsp3) is 0.444. The lowest BCUT2D eigenvalue weighted by Gasteiger charge is -2.14. The molecular formula is C18H24N4O3. The van der Waals surface area contributed by atoms with E-state index in [-0.39, 0.29) is 12.5 Å². The average molecular weight is 344 g/mol. The molecule has 0 aliphatic carbocycles. The Bertz CT molecular complexity index is 810. The lowest BCUT2D eigenvalue weighted by atomic mass is 10.1. The number of hydrogen-bond acceptors (Lipinski definition) is 4. The van der Waals surface area contributed by atoms with Crippen molar-refractivity contribution in [3.8, 4) is 0 Å². The first-order chi connectivity index (χ1) is 11.9. The number of fused-ring (bicyclic) bond motifs is 1. The third-order valence-corrected chi connectivity index (χ3v) is 4.16. The fourth-order valence-corrected chi connectivity index (χ4v) is 2.56. The van der Waals surface area contributed by atoms with Crippen LogP contribution in [0.15, 0.2) is 24.4 Å². The summed E-state index contributed by atoms with van der Waals surface area (Å²) in [6, 6.07) is 0.843. The highest BCUT2D eigenvalue weighted by Crippen LogP contribution is 2.22. The third kappa shape index (κ3) is 4.04. The number of aryl methyl sites for hydroxylation is 1. The number of amides is 1. The first-order valence-corrected chi connectivity index (χ1v) is 8.38. The van der Waals surface area contributed by atoms with Crippen molar-refractivity contribution in [2.75, 3.05) is 0 Å². The van der Waals surface area contributed by atoms with Crippen molar-refractivity contribution < 1.29 is 14.7 Å². The molecule has 0 spiro atoms. The number of rotatable bonds is 7. The Morgan fingerprint density at radius 2 is 2.16 bits per heavy atom. The van der Waals surface area contributed by atoms with E-state index in [4.69, 9.17) is 0 Å². The van der Waals surface area contributed by atoms with Crippen LogP contribution in [-0.2, 0) is 4.79 Å². The van der Waals surface area contributed by atoms with Gasteiger partial charge in [0.15, 0.2) is 5.65 Å². The summed E-state index contributed by atoms with van der Waals surface area (Å²) in [6.45, 7) is 7.70. The van der Waals surface area contributed by atoms with E-state index in [2.05, 4.69) is 22.3 Å². The van der Waals surface area contributed by atoms with Crippen molar-refractivity contribution in [1.82, 2.24) is 20.1 Å². The van der Waals surface area contributed by atoms with Gasteiger partial charge in [-0.25, -0.2) is 14.5 Å². The number of carbonyl (C=O) groups is 2. The summed E-state index contributed by atoms with van der Waals surface area (Å²) in [5.74, 6) is -1.50. The molecule has 2 atom stereocenters. The Morgan fingerprint density at radius 3 is 2.76 bits per heavy atom. The van der Waals surface area contributed by atoms with Gasteiger partial charge in [-0.05, 0) is 39.7 Å². The predicted octanol–water partition coefficient (Wildman–Crippen LogP) is 2.86. The molecule has 2 unspecified atom stereocenters. The summed E-state index contributed by atoms with van der Waals surface area (Å²) in [5, 5.41) is 16.9. The molecule has 25 heavy (non-hydrogen) atoms. The molecular weight excluding hydrogens is 320 g/mol. The highest BCUT2D eigenvalue weighted by molar-refractivity contribution is 6.06. The van der Waals surface area contributed by atoms with Gasteiger partial charge in [0.2, 0.25) is 0 Å². The molecule has 0 saturated carbocycles. The number of allylic oxidation sites excluding steroid dienone is 1. The van der Waals surface area contributed by atoms with Gasteiger partial charge >= 0.3 is 5.97 Å². The summed E-state index contributed by atoms with van der Waals surface area (Å²) in [4.78, 5) is 28.5. The summed E-state index contributed by atoms with van der Waals surface area (Å²) < 4.78 is 1.80. The summed E-state index contributed by atoms with van der Waals surface area (Å²) in [7, 11) is 0. The highest BCUT2D eigenvalue weighted by Gasteiger charge is 2.22. The monoisotopic (exact) mass is 344 g/mol. The number of carboxylic acid groups (broad SMARTS) is 1. The summed E-state index contributed by atoms with van der Waals surface area (Å²) >= 11 is 0. The minimum atomic E-state index is -1.07. The standard InChI is InChI=1S/C18H24N4O3/c1-5-7-8-15(18(24)25)21-17(23)13-9-11(3)20-16-14(13)10-19-22(16)12(4)6-2/h5,7,9-10,12,15H,6,8H2,1-4H3,(H,21,23)(H,24,25)/b7-5+. The number of aromatic nitrogens is 3. The SMILES string of the molecule is C/C=C/CC(NC(=O)c1cc(C)nc2c1cnn2C(C)CC)C(=O)O. The van der Waals surface area contributed by atoms with Crippen LogP contribution >= 0.6 is 0 Å². The molecule has 0 fully saturated rings. The van der Waals surface area contributed by atoms with Crippen LogP contribution in [0.3, 0.4) is 0 Å². The van der Waals surface area contributed by atoms with Crippen molar-refractivity contribution in [3.05, 3.63) is 35.7 Å². The molecule has 2 heterocycles. The van der Waals surface area contributed by atoms with E-state index in [0.717, 1.165) is 6.42 Å². The Kier molecular flexibility index (Phi) is 5.90. The highest BCUT2D eigenvalue weighted by atomic mass is 16.4. The Balaban J connectivity index is 2.41. The predicted molar refractivity (Wildman–Crippen MR) is 95.6 cm³/mol. The fourth-order valence-electron chi connectivity index (χ4n) is 2.56. The van der Waals surface area contributed by atoms with Gasteiger partial charge in [0.1, 0.15) is 6.04 Å². The third-order valence-electron chi connectivity index (χ3n) is 4.16. The molecule has 0 radical (unpaired) electrons. The normalized spacial score (nSPS) is 13.9. The molecule has 2 aromatic heterocycles. The largest absolute Gasteiger partial charge is 0.480 e. The number of nitrogens with one attached hydrogen (secondary N) is 1. The van der Waals surface area contributed by atoms with Gasteiger partial charge in [-0.1, -0.05) is 19.1 Å². The molecule has 0 aliphatic rings. The van der Waals surface area contributed by atoms with Crippen LogP contribution in [0.5, 0.6) is 0 Å². The van der Waals surface area contributed by atoms with E-state index in [9.17, 15) is 14.7 Å². The van der Waals surface area contributed by atoms with Gasteiger partial charge in [0.25, 0.3) is 5.91 Å². The van der Waals surface area contributed by atoms with Crippen LogP contribution < -0.4 is 5.32 Å². The number of pyridine rings is 1. The van der Waals surface area contributed by atoms with Crippen LogP contribution in [0, 0.1) is 6.92 Å². The zero-order valence-electron chi connectivity index (χ0n) is 15.0. The molecule has 134 valence electrons. The topological polar surface area (TPSA) is 97.1 Å². The minimum absolute atomic E-state index is 0.157. The van der Waals surface area contributed by atoms with Crippen molar-refractivity contribution in [2.24, 2.45) is 0 Å². The second-order valence-electron chi connectivity index (χ2n) is 6.06. The van der Waals surface area contributed by atoms with Crippen LogP contribution in [0.2, 0.25) is 0 Å². The van der Waals surface area contributed by atoms with Gasteiger partial charge < -0.3 is 10.4 Å². The maximum atomic E-state index is 12.7. The van der Waals surface area contributed by atoms with Crippen molar-refractivity contribution in [2.45, 2.75) is 52.6 Å². The van der Waals surface area contributed by atoms with Crippen molar-refractivity contribution in [3.63, 3.8) is 0 Å². The molecule has 1 amide bonds. The molecule has 0 bridgehead atoms. The summed E-state index contributed by atoms with van der Waals surface area (Å²) in [6.07, 6.45) is 6.21. The second kappa shape index (κ2) is 7.92. The number of nitrogens with zero attached hydrogens (tertiary/aromatic N) is 3. The van der Waals surface area contributed by atoms with E-state index in [1.165, 1.54) is 0 Å². The molecule has 7 nitrogen and oxygen atoms in total. The van der Waals surface area contributed by atoms with Gasteiger partial charge in [-0.2, -0.15) is 5.10 Å². The number of carboxylic acids is 1. The summed E-state index contributed by atoms with van der Waals surface area (Å²) in [5.41, 5.74) is 1.71. The molecule has 0 saturated heterocycles. The van der Waals surface area contributed by atoms with Crippen molar-refractivity contribution >= 4 is 22.9 Å². The van der Waals surface area contributed by atoms with Crippen molar-refractivity contribution in [1.29, 1.82) is 0 Å². The van der Waals surface area contributed by atoms with E-state index >= 15 is 0 Å². The maximum absolute atomic E-state index is 12.7. The first kappa shape index (κ1) is 18.6. The van der Waals surface area contributed by atoms with Crippen LogP contribution in [0.1, 0.15) is 55.7 Å². The molecule has 2 N–H and O–H groups in total. The molecule has 0 aliphatic heterocycles. The van der Waals surface area contributed by atoms with Gasteiger partial charge in [0, 0.05) is 5.69 Å². The Hall–Kier alpha value is -2.70. The van der Waals surface area contributed by atoms with Crippen LogP contribution in [-0.4, -0.2) is 37.8 Å². The Labute approximate surface area is 146 Å². The molecule has 7 heteroatoms. The minimum Gasteiger partial charge on any atom is -0.480 e. The van der Waals surface area contributed by atoms with Gasteiger partial charge in [-0.15, -0.1) is 0 Å². The molecule has 2 aromatic rings. The first-order valence-electron chi connectivity index (χ1n) is 8.38. The zero-order valence-corrected chi connectivity index (χ0v) is 15.0. The van der Waals surface area contributed by atoms with Gasteiger partial charge in [-0.3, -0.25) is 4.79 Å². The maximum Gasteiger partial charge on any atom is 0.326 e. The van der Waals surface area contributed by atoms with E-state index in [1.807, 2.05) is 6.92 Å². The Morgan fingerprint density at radius 1 is 1.44 bits per heavy atom. The second-order valence-corrected chi connectivity index (χ2v) is 6.06.